The van der Waals surface area contributed by atoms with E-state index in [1.807, 2.05) is 0 Å². The van der Waals surface area contributed by atoms with E-state index >= 15 is 0 Å². The minimum atomic E-state index is -3.99. The molecule has 1 aliphatic rings. The first kappa shape index (κ1) is 15.6. The molecule has 0 radical (unpaired) electrons. The van der Waals surface area contributed by atoms with Gasteiger partial charge in [0.05, 0.1) is 25.9 Å². The van der Waals surface area contributed by atoms with Crippen LogP contribution in [0.5, 0.6) is 0 Å². The smallest absolute Gasteiger partial charge is 0.243 e. The fraction of sp³-hybridized carbons (Fsp3) is 0.455. The average molecular weight is 369 g/mol. The van der Waals surface area contributed by atoms with E-state index in [4.69, 9.17) is 15.2 Å². The third-order valence-electron chi connectivity index (χ3n) is 2.73. The van der Waals surface area contributed by atoms with Crippen molar-refractivity contribution >= 4 is 31.6 Å². The summed E-state index contributed by atoms with van der Waals surface area (Å²) in [7, 11) is -3.99. The topological polar surface area (TPSA) is 90.7 Å². The molecular weight excluding hydrogens is 355 g/mol. The summed E-state index contributed by atoms with van der Waals surface area (Å²) < 4.78 is 50.9. The molecular formula is C11H14BrFN2O4S. The first-order chi connectivity index (χ1) is 9.40. The third kappa shape index (κ3) is 3.67. The Balaban J connectivity index is 2.11. The van der Waals surface area contributed by atoms with Gasteiger partial charge >= 0.3 is 0 Å². The Labute approximate surface area is 124 Å². The van der Waals surface area contributed by atoms with Crippen molar-refractivity contribution in [2.75, 3.05) is 32.1 Å². The van der Waals surface area contributed by atoms with Crippen molar-refractivity contribution in [3.8, 4) is 0 Å². The van der Waals surface area contributed by atoms with Crippen molar-refractivity contribution in [3.05, 3.63) is 22.4 Å². The number of halogens is 2. The Morgan fingerprint density at radius 2 is 2.20 bits per heavy atom. The number of anilines is 1. The van der Waals surface area contributed by atoms with Crippen molar-refractivity contribution in [1.82, 2.24) is 4.72 Å². The number of hydrogen-bond acceptors (Lipinski definition) is 5. The van der Waals surface area contributed by atoms with Gasteiger partial charge in [-0.25, -0.2) is 17.5 Å². The fourth-order valence-electron chi connectivity index (χ4n) is 1.69. The molecule has 1 unspecified atom stereocenters. The summed E-state index contributed by atoms with van der Waals surface area (Å²) in [6.07, 6.45) is -0.380. The molecule has 0 spiro atoms. The zero-order valence-electron chi connectivity index (χ0n) is 10.4. The summed E-state index contributed by atoms with van der Waals surface area (Å²) in [4.78, 5) is -0.491. The molecule has 1 atom stereocenters. The summed E-state index contributed by atoms with van der Waals surface area (Å²) in [6, 6.07) is 2.09. The average Bonchev–Trinajstić information content (AvgIpc) is 2.42. The van der Waals surface area contributed by atoms with E-state index < -0.39 is 20.7 Å². The van der Waals surface area contributed by atoms with Crippen LogP contribution in [0.4, 0.5) is 10.1 Å². The fourth-order valence-corrected chi connectivity index (χ4v) is 3.16. The van der Waals surface area contributed by atoms with Gasteiger partial charge in [-0.15, -0.1) is 0 Å². The number of nitrogens with one attached hydrogen (secondary N) is 1. The summed E-state index contributed by atoms with van der Waals surface area (Å²) >= 11 is 3.03. The number of sulfonamides is 1. The monoisotopic (exact) mass is 368 g/mol. The molecule has 2 rings (SSSR count). The van der Waals surface area contributed by atoms with E-state index in [9.17, 15) is 12.8 Å². The van der Waals surface area contributed by atoms with Gasteiger partial charge in [0.2, 0.25) is 10.0 Å². The molecule has 112 valence electrons. The van der Waals surface area contributed by atoms with Crippen molar-refractivity contribution in [2.45, 2.75) is 11.0 Å². The zero-order chi connectivity index (χ0) is 14.8. The molecule has 6 nitrogen and oxygen atoms in total. The van der Waals surface area contributed by atoms with Crippen LogP contribution < -0.4 is 10.5 Å². The normalized spacial score (nSPS) is 20.0. The van der Waals surface area contributed by atoms with Crippen LogP contribution in [0.1, 0.15) is 0 Å². The summed E-state index contributed by atoms with van der Waals surface area (Å²) in [5, 5.41) is 0. The van der Waals surface area contributed by atoms with Gasteiger partial charge < -0.3 is 15.2 Å². The van der Waals surface area contributed by atoms with Crippen molar-refractivity contribution in [3.63, 3.8) is 0 Å². The molecule has 1 heterocycles. The molecule has 1 aliphatic heterocycles. The van der Waals surface area contributed by atoms with Crippen LogP contribution in [0.25, 0.3) is 0 Å². The lowest BCUT2D eigenvalue weighted by atomic mass is 10.3. The van der Waals surface area contributed by atoms with Crippen molar-refractivity contribution < 1.29 is 22.3 Å². The van der Waals surface area contributed by atoms with Crippen LogP contribution in [0.2, 0.25) is 0 Å². The maximum atomic E-state index is 13.7. The Hall–Kier alpha value is -0.740. The highest BCUT2D eigenvalue weighted by Crippen LogP contribution is 2.25. The molecule has 1 aromatic rings. The predicted molar refractivity (Wildman–Crippen MR) is 74.3 cm³/mol. The van der Waals surface area contributed by atoms with Gasteiger partial charge in [-0.1, -0.05) is 0 Å². The van der Waals surface area contributed by atoms with Gasteiger partial charge in [-0.2, -0.15) is 0 Å². The van der Waals surface area contributed by atoms with Gasteiger partial charge in [0.25, 0.3) is 0 Å². The van der Waals surface area contributed by atoms with E-state index in [-0.39, 0.29) is 18.3 Å². The molecule has 0 aromatic heterocycles. The van der Waals surface area contributed by atoms with Crippen molar-refractivity contribution in [2.24, 2.45) is 0 Å². The molecule has 0 bridgehead atoms. The van der Waals surface area contributed by atoms with Crippen LogP contribution in [-0.4, -0.2) is 40.9 Å². The van der Waals surface area contributed by atoms with Gasteiger partial charge in [-0.3, -0.25) is 0 Å². The molecule has 9 heteroatoms. The second-order valence-corrected chi connectivity index (χ2v) is 6.81. The molecule has 1 saturated heterocycles. The number of nitrogens with two attached hydrogens (primary N) is 1. The van der Waals surface area contributed by atoms with Crippen molar-refractivity contribution in [1.29, 1.82) is 0 Å². The van der Waals surface area contributed by atoms with E-state index in [0.29, 0.717) is 24.3 Å². The summed E-state index contributed by atoms with van der Waals surface area (Å²) in [5.74, 6) is -0.876. The van der Waals surface area contributed by atoms with Gasteiger partial charge in [0.1, 0.15) is 10.7 Å². The molecule has 0 amide bonds. The second-order valence-electron chi connectivity index (χ2n) is 4.22. The van der Waals surface area contributed by atoms with E-state index in [1.165, 1.54) is 0 Å². The predicted octanol–water partition coefficient (Wildman–Crippen LogP) is 0.864. The molecule has 3 N–H and O–H groups in total. The SMILES string of the molecule is Nc1cc(S(=O)(=O)NCC2COCCO2)c(F)cc1Br. The summed E-state index contributed by atoms with van der Waals surface area (Å²) in [5.41, 5.74) is 5.72. The number of ether oxygens (including phenoxy) is 2. The summed E-state index contributed by atoms with van der Waals surface area (Å²) in [6.45, 7) is 1.21. The first-order valence-corrected chi connectivity index (χ1v) is 8.11. The Morgan fingerprint density at radius 1 is 1.45 bits per heavy atom. The lowest BCUT2D eigenvalue weighted by Crippen LogP contribution is -2.39. The largest absolute Gasteiger partial charge is 0.398 e. The minimum absolute atomic E-state index is 0.0116. The van der Waals surface area contributed by atoms with E-state index in [0.717, 1.165) is 12.1 Å². The molecule has 1 fully saturated rings. The Bertz CT molecular complexity index is 590. The number of rotatable bonds is 4. The quantitative estimate of drug-likeness (QED) is 0.769. The van der Waals surface area contributed by atoms with E-state index in [1.54, 1.807) is 0 Å². The maximum Gasteiger partial charge on any atom is 0.243 e. The van der Waals surface area contributed by atoms with Crippen LogP contribution in [0, 0.1) is 5.82 Å². The van der Waals surface area contributed by atoms with Crippen LogP contribution in [0.15, 0.2) is 21.5 Å². The number of nitrogen functional groups attached to an aromatic ring is 1. The highest BCUT2D eigenvalue weighted by molar-refractivity contribution is 9.10. The number of benzene rings is 1. The Kier molecular flexibility index (Phi) is 4.97. The molecule has 20 heavy (non-hydrogen) atoms. The molecule has 0 aliphatic carbocycles. The van der Waals surface area contributed by atoms with Crippen LogP contribution in [-0.2, 0) is 19.5 Å². The lowest BCUT2D eigenvalue weighted by molar-refractivity contribution is -0.0847. The van der Waals surface area contributed by atoms with Gasteiger partial charge in [-0.05, 0) is 28.1 Å². The second kappa shape index (κ2) is 6.35. The minimum Gasteiger partial charge on any atom is -0.398 e. The molecule has 0 saturated carbocycles. The maximum absolute atomic E-state index is 13.7. The lowest BCUT2D eigenvalue weighted by Gasteiger charge is -2.23. The van der Waals surface area contributed by atoms with E-state index in [2.05, 4.69) is 20.7 Å². The van der Waals surface area contributed by atoms with Crippen LogP contribution >= 0.6 is 15.9 Å². The van der Waals surface area contributed by atoms with Crippen LogP contribution in [0.3, 0.4) is 0 Å². The zero-order valence-corrected chi connectivity index (χ0v) is 12.8. The third-order valence-corrected chi connectivity index (χ3v) is 4.85. The molecule has 1 aromatic carbocycles. The van der Waals surface area contributed by atoms with Gasteiger partial charge in [0, 0.05) is 16.7 Å². The number of hydrogen-bond donors (Lipinski definition) is 2. The first-order valence-electron chi connectivity index (χ1n) is 5.83. The highest BCUT2D eigenvalue weighted by atomic mass is 79.9. The van der Waals surface area contributed by atoms with Gasteiger partial charge in [0.15, 0.2) is 0 Å². The highest BCUT2D eigenvalue weighted by Gasteiger charge is 2.23. The Morgan fingerprint density at radius 3 is 2.85 bits per heavy atom. The standard InChI is InChI=1S/C11H14BrFN2O4S/c12-8-3-9(13)11(4-10(8)14)20(16,17)15-5-7-6-18-1-2-19-7/h3-4,7,15H,1-2,5-6,14H2.